The molecule has 0 bridgehead atoms. The average Bonchev–Trinajstić information content (AvgIpc) is 2.73. The molecule has 3 aromatic rings. The van der Waals surface area contributed by atoms with Gasteiger partial charge in [-0.25, -0.2) is 8.42 Å². The van der Waals surface area contributed by atoms with Crippen LogP contribution in [0.3, 0.4) is 0 Å². The van der Waals surface area contributed by atoms with Crippen molar-refractivity contribution in [2.75, 3.05) is 10.0 Å². The standard InChI is InChI=1S/C26H30N2O3S/c1-18(2)23-14-9-15-24(19(3)4)25(23)27-26(29)21-12-8-13-22(16-21)28-32(30,31)17-20-10-6-5-7-11-20/h5-16,18-19,28H,17H2,1-4H3,(H,27,29). The van der Waals surface area contributed by atoms with Gasteiger partial charge in [-0.1, -0.05) is 82.3 Å². The van der Waals surface area contributed by atoms with Gasteiger partial charge < -0.3 is 5.32 Å². The van der Waals surface area contributed by atoms with E-state index in [1.807, 2.05) is 24.3 Å². The minimum atomic E-state index is -3.61. The highest BCUT2D eigenvalue weighted by molar-refractivity contribution is 7.91. The molecule has 0 aliphatic rings. The van der Waals surface area contributed by atoms with E-state index in [1.54, 1.807) is 48.5 Å². The molecule has 0 aliphatic carbocycles. The molecule has 32 heavy (non-hydrogen) atoms. The lowest BCUT2D eigenvalue weighted by molar-refractivity contribution is 0.102. The first kappa shape index (κ1) is 23.5. The number of nitrogens with one attached hydrogen (secondary N) is 2. The number of carbonyl (C=O) groups excluding carboxylic acids is 1. The second-order valence-electron chi connectivity index (χ2n) is 8.50. The molecule has 0 saturated carbocycles. The summed E-state index contributed by atoms with van der Waals surface area (Å²) in [6, 6.07) is 21.6. The van der Waals surface area contributed by atoms with Gasteiger partial charge in [0.05, 0.1) is 5.75 Å². The van der Waals surface area contributed by atoms with E-state index in [4.69, 9.17) is 0 Å². The summed E-state index contributed by atoms with van der Waals surface area (Å²) in [6.07, 6.45) is 0. The SMILES string of the molecule is CC(C)c1cccc(C(C)C)c1NC(=O)c1cccc(NS(=O)(=O)Cc2ccccc2)c1. The van der Waals surface area contributed by atoms with Crippen LogP contribution in [-0.2, 0) is 15.8 Å². The Bertz CT molecular complexity index is 1160. The number of anilines is 2. The number of hydrogen-bond acceptors (Lipinski definition) is 3. The number of sulfonamides is 1. The molecule has 0 aliphatic heterocycles. The molecule has 3 aromatic carbocycles. The van der Waals surface area contributed by atoms with Crippen molar-refractivity contribution >= 4 is 27.3 Å². The zero-order valence-electron chi connectivity index (χ0n) is 18.9. The predicted molar refractivity (Wildman–Crippen MR) is 132 cm³/mol. The fourth-order valence-corrected chi connectivity index (χ4v) is 4.80. The molecule has 168 valence electrons. The van der Waals surface area contributed by atoms with Crippen molar-refractivity contribution in [1.82, 2.24) is 0 Å². The van der Waals surface area contributed by atoms with Crippen LogP contribution in [0.25, 0.3) is 0 Å². The van der Waals surface area contributed by atoms with Crippen LogP contribution in [0.5, 0.6) is 0 Å². The van der Waals surface area contributed by atoms with Crippen molar-refractivity contribution in [2.24, 2.45) is 0 Å². The Morgan fingerprint density at radius 1 is 0.812 bits per heavy atom. The van der Waals surface area contributed by atoms with Gasteiger partial charge in [-0.2, -0.15) is 0 Å². The Labute approximate surface area is 190 Å². The van der Waals surface area contributed by atoms with E-state index in [9.17, 15) is 13.2 Å². The molecular formula is C26H30N2O3S. The summed E-state index contributed by atoms with van der Waals surface area (Å²) in [4.78, 5) is 13.1. The summed E-state index contributed by atoms with van der Waals surface area (Å²) in [5.41, 5.74) is 4.42. The Morgan fingerprint density at radius 3 is 2.00 bits per heavy atom. The van der Waals surface area contributed by atoms with Crippen molar-refractivity contribution in [3.05, 3.63) is 95.1 Å². The number of rotatable bonds is 8. The average molecular weight is 451 g/mol. The zero-order valence-corrected chi connectivity index (χ0v) is 19.7. The first-order valence-corrected chi connectivity index (χ1v) is 12.4. The topological polar surface area (TPSA) is 75.3 Å². The van der Waals surface area contributed by atoms with Gasteiger partial charge in [-0.15, -0.1) is 0 Å². The smallest absolute Gasteiger partial charge is 0.255 e. The van der Waals surface area contributed by atoms with Crippen molar-refractivity contribution in [3.63, 3.8) is 0 Å². The van der Waals surface area contributed by atoms with E-state index in [0.29, 0.717) is 16.8 Å². The molecule has 0 fully saturated rings. The normalized spacial score (nSPS) is 11.6. The molecule has 3 rings (SSSR count). The number of benzene rings is 3. The third-order valence-electron chi connectivity index (χ3n) is 5.21. The lowest BCUT2D eigenvalue weighted by Crippen LogP contribution is -2.18. The number of para-hydroxylation sites is 1. The van der Waals surface area contributed by atoms with E-state index in [1.165, 1.54) is 0 Å². The van der Waals surface area contributed by atoms with Crippen molar-refractivity contribution < 1.29 is 13.2 Å². The molecule has 5 nitrogen and oxygen atoms in total. The predicted octanol–water partition coefficient (Wildman–Crippen LogP) is 6.13. The number of hydrogen-bond donors (Lipinski definition) is 2. The maximum absolute atomic E-state index is 13.1. The van der Waals surface area contributed by atoms with Gasteiger partial charge in [0.2, 0.25) is 10.0 Å². The highest BCUT2D eigenvalue weighted by Crippen LogP contribution is 2.32. The Kier molecular flexibility index (Phi) is 7.36. The highest BCUT2D eigenvalue weighted by Gasteiger charge is 2.18. The number of carbonyl (C=O) groups is 1. The van der Waals surface area contributed by atoms with Crippen molar-refractivity contribution in [3.8, 4) is 0 Å². The molecule has 0 atom stereocenters. The molecule has 2 N–H and O–H groups in total. The van der Waals surface area contributed by atoms with Gasteiger partial charge in [0.15, 0.2) is 0 Å². The molecule has 6 heteroatoms. The van der Waals surface area contributed by atoms with Crippen LogP contribution in [0.2, 0.25) is 0 Å². The van der Waals surface area contributed by atoms with Crippen LogP contribution in [0.4, 0.5) is 11.4 Å². The lowest BCUT2D eigenvalue weighted by atomic mass is 9.92. The molecule has 0 saturated heterocycles. The maximum Gasteiger partial charge on any atom is 0.255 e. The minimum Gasteiger partial charge on any atom is -0.321 e. The third-order valence-corrected chi connectivity index (χ3v) is 6.47. The van der Waals surface area contributed by atoms with Gasteiger partial charge >= 0.3 is 0 Å². The second-order valence-corrected chi connectivity index (χ2v) is 10.2. The first-order valence-electron chi connectivity index (χ1n) is 10.7. The lowest BCUT2D eigenvalue weighted by Gasteiger charge is -2.20. The molecule has 0 spiro atoms. The van der Waals surface area contributed by atoms with E-state index >= 15 is 0 Å². The van der Waals surface area contributed by atoms with Crippen LogP contribution >= 0.6 is 0 Å². The minimum absolute atomic E-state index is 0.135. The largest absolute Gasteiger partial charge is 0.321 e. The molecule has 0 aromatic heterocycles. The molecule has 0 radical (unpaired) electrons. The van der Waals surface area contributed by atoms with Gasteiger partial charge in [0.25, 0.3) is 5.91 Å². The van der Waals surface area contributed by atoms with Crippen LogP contribution in [0.1, 0.15) is 66.6 Å². The number of amides is 1. The summed E-state index contributed by atoms with van der Waals surface area (Å²) in [5, 5.41) is 3.07. The van der Waals surface area contributed by atoms with Crippen LogP contribution in [-0.4, -0.2) is 14.3 Å². The van der Waals surface area contributed by atoms with Gasteiger partial charge in [-0.05, 0) is 46.7 Å². The Morgan fingerprint density at radius 2 is 1.41 bits per heavy atom. The Hall–Kier alpha value is -3.12. The molecular weight excluding hydrogens is 420 g/mol. The zero-order chi connectivity index (χ0) is 23.3. The fourth-order valence-electron chi connectivity index (χ4n) is 3.61. The van der Waals surface area contributed by atoms with Crippen molar-refractivity contribution in [2.45, 2.75) is 45.3 Å². The van der Waals surface area contributed by atoms with Gasteiger partial charge in [0, 0.05) is 16.9 Å². The van der Waals surface area contributed by atoms with Crippen LogP contribution < -0.4 is 10.0 Å². The fraction of sp³-hybridized carbons (Fsp3) is 0.269. The van der Waals surface area contributed by atoms with Gasteiger partial charge in [0.1, 0.15) is 0 Å². The molecule has 0 unspecified atom stereocenters. The summed E-state index contributed by atoms with van der Waals surface area (Å²) >= 11 is 0. The summed E-state index contributed by atoms with van der Waals surface area (Å²) < 4.78 is 27.7. The summed E-state index contributed by atoms with van der Waals surface area (Å²) in [6.45, 7) is 8.38. The first-order chi connectivity index (χ1) is 15.2. The van der Waals surface area contributed by atoms with E-state index in [0.717, 1.165) is 16.8 Å². The maximum atomic E-state index is 13.1. The highest BCUT2D eigenvalue weighted by atomic mass is 32.2. The Balaban J connectivity index is 1.82. The van der Waals surface area contributed by atoms with Gasteiger partial charge in [-0.3, -0.25) is 9.52 Å². The van der Waals surface area contributed by atoms with E-state index in [-0.39, 0.29) is 23.5 Å². The van der Waals surface area contributed by atoms with Crippen LogP contribution in [0.15, 0.2) is 72.8 Å². The summed E-state index contributed by atoms with van der Waals surface area (Å²) in [5.74, 6) is 0.0911. The summed E-state index contributed by atoms with van der Waals surface area (Å²) in [7, 11) is -3.61. The quantitative estimate of drug-likeness (QED) is 0.434. The van der Waals surface area contributed by atoms with Crippen molar-refractivity contribution in [1.29, 1.82) is 0 Å². The third kappa shape index (κ3) is 5.98. The molecule has 1 amide bonds. The van der Waals surface area contributed by atoms with E-state index < -0.39 is 10.0 Å². The monoisotopic (exact) mass is 450 g/mol. The second kappa shape index (κ2) is 10.0. The van der Waals surface area contributed by atoms with E-state index in [2.05, 4.69) is 37.7 Å². The van der Waals surface area contributed by atoms with Crippen LogP contribution in [0, 0.1) is 0 Å². The molecule has 0 heterocycles.